The van der Waals surface area contributed by atoms with E-state index in [9.17, 15) is 13.5 Å². The molecule has 0 radical (unpaired) electrons. The van der Waals surface area contributed by atoms with Crippen LogP contribution in [0.1, 0.15) is 6.92 Å². The number of aliphatic hydroxyl groups is 1. The summed E-state index contributed by atoms with van der Waals surface area (Å²) in [5, 5.41) is 9.60. The van der Waals surface area contributed by atoms with Gasteiger partial charge in [0.05, 0.1) is 45.7 Å². The average Bonchev–Trinajstić information content (AvgIpc) is 3.28. The average molecular weight is 513 g/mol. The third kappa shape index (κ3) is 4.96. The van der Waals surface area contributed by atoms with E-state index in [1.165, 1.54) is 18.3 Å². The lowest BCUT2D eigenvalue weighted by molar-refractivity contribution is 0.122. The number of nitrogens with zero attached hydrogens (tertiary/aromatic N) is 5. The number of aliphatic hydroxyl groups excluding tert-OH is 1. The van der Waals surface area contributed by atoms with E-state index in [1.807, 2.05) is 12.1 Å². The number of hydrogen-bond donors (Lipinski definition) is 2. The molecule has 0 aliphatic carbocycles. The Balaban J connectivity index is 1.62. The maximum absolute atomic E-state index is 12.7. The molecule has 1 atom stereocenters. The Hall–Kier alpha value is -3.19. The number of ether oxygens (including phenoxy) is 1. The van der Waals surface area contributed by atoms with Gasteiger partial charge in [-0.1, -0.05) is 12.1 Å². The Bertz CT molecular complexity index is 1470. The lowest BCUT2D eigenvalue weighted by atomic mass is 10.2. The summed E-state index contributed by atoms with van der Waals surface area (Å²) in [5.41, 5.74) is 7.78. The number of hydrogen-bond acceptors (Lipinski definition) is 11. The zero-order valence-corrected chi connectivity index (χ0v) is 20.6. The molecule has 3 aromatic heterocycles. The topological polar surface area (TPSA) is 144 Å². The fourth-order valence-corrected chi connectivity index (χ4v) is 6.42. The van der Waals surface area contributed by atoms with Crippen molar-refractivity contribution in [3.05, 3.63) is 42.7 Å². The van der Waals surface area contributed by atoms with E-state index in [4.69, 9.17) is 20.4 Å². The zero-order valence-electron chi connectivity index (χ0n) is 19.0. The molecule has 3 N–H and O–H groups in total. The minimum Gasteiger partial charge on any atom is -0.392 e. The fourth-order valence-electron chi connectivity index (χ4n) is 3.89. The molecule has 1 fully saturated rings. The highest BCUT2D eigenvalue weighted by atomic mass is 32.2. The van der Waals surface area contributed by atoms with Crippen molar-refractivity contribution in [2.45, 2.75) is 17.9 Å². The van der Waals surface area contributed by atoms with Crippen molar-refractivity contribution < 1.29 is 18.3 Å². The monoisotopic (exact) mass is 512 g/mol. The SMILES string of the molecule is C[C@@H](O)CS(=O)(=O)c1cccc(-c2cc3nc(-c4cnc(N)nc4)nc(N4CCOCC4)c3s2)c1. The van der Waals surface area contributed by atoms with Crippen LogP contribution in [0.3, 0.4) is 0 Å². The van der Waals surface area contributed by atoms with Crippen LogP contribution >= 0.6 is 11.3 Å². The Morgan fingerprint density at radius 1 is 1.14 bits per heavy atom. The van der Waals surface area contributed by atoms with Crippen molar-refractivity contribution in [1.29, 1.82) is 0 Å². The van der Waals surface area contributed by atoms with E-state index >= 15 is 0 Å². The summed E-state index contributed by atoms with van der Waals surface area (Å²) in [4.78, 5) is 20.9. The first-order valence-electron chi connectivity index (χ1n) is 11.0. The highest BCUT2D eigenvalue weighted by Crippen LogP contribution is 2.39. The molecule has 5 rings (SSSR count). The van der Waals surface area contributed by atoms with Gasteiger partial charge in [-0.15, -0.1) is 11.3 Å². The van der Waals surface area contributed by atoms with Crippen LogP contribution in [0.25, 0.3) is 32.0 Å². The molecule has 4 aromatic rings. The van der Waals surface area contributed by atoms with Gasteiger partial charge in [0.25, 0.3) is 0 Å². The van der Waals surface area contributed by atoms with Crippen LogP contribution in [-0.4, -0.2) is 71.6 Å². The molecule has 0 unspecified atom stereocenters. The summed E-state index contributed by atoms with van der Waals surface area (Å²) in [6.07, 6.45) is 2.24. The number of nitrogen functional groups attached to an aromatic ring is 1. The van der Waals surface area contributed by atoms with E-state index in [1.54, 1.807) is 30.6 Å². The first kappa shape index (κ1) is 23.5. The smallest absolute Gasteiger partial charge is 0.219 e. The normalized spacial score (nSPS) is 15.4. The van der Waals surface area contributed by atoms with E-state index < -0.39 is 15.9 Å². The number of benzene rings is 1. The van der Waals surface area contributed by atoms with Gasteiger partial charge in [-0.25, -0.2) is 28.4 Å². The lowest BCUT2D eigenvalue weighted by Gasteiger charge is -2.28. The molecule has 1 aliphatic heterocycles. The van der Waals surface area contributed by atoms with Crippen LogP contribution in [0.5, 0.6) is 0 Å². The fraction of sp³-hybridized carbons (Fsp3) is 0.304. The van der Waals surface area contributed by atoms with Crippen LogP contribution < -0.4 is 10.6 Å². The second-order valence-electron chi connectivity index (χ2n) is 8.28. The third-order valence-corrected chi connectivity index (χ3v) is 8.60. The summed E-state index contributed by atoms with van der Waals surface area (Å²) in [5.74, 6) is 1.12. The number of nitrogens with two attached hydrogens (primary N) is 1. The van der Waals surface area contributed by atoms with E-state index in [0.717, 1.165) is 26.5 Å². The standard InChI is InChI=1S/C23H24N6O4S2/c1-14(30)13-35(31,32)17-4-2-3-15(9-17)19-10-18-20(34-19)22(29-5-7-33-8-6-29)28-21(27-18)16-11-25-23(24)26-12-16/h2-4,9-12,14,30H,5-8,13H2,1H3,(H2,24,25,26)/t14-/m1/s1. The lowest BCUT2D eigenvalue weighted by Crippen LogP contribution is -2.36. The Morgan fingerprint density at radius 3 is 2.60 bits per heavy atom. The van der Waals surface area contributed by atoms with Crippen LogP contribution in [0.2, 0.25) is 0 Å². The van der Waals surface area contributed by atoms with Crippen molar-refractivity contribution in [1.82, 2.24) is 19.9 Å². The number of anilines is 2. The first-order valence-corrected chi connectivity index (χ1v) is 13.5. The number of morpholine rings is 1. The Morgan fingerprint density at radius 2 is 1.89 bits per heavy atom. The molecule has 0 spiro atoms. The summed E-state index contributed by atoms with van der Waals surface area (Å²) >= 11 is 1.51. The van der Waals surface area contributed by atoms with Gasteiger partial charge in [0.2, 0.25) is 5.95 Å². The van der Waals surface area contributed by atoms with Crippen molar-refractivity contribution in [3.63, 3.8) is 0 Å². The molecule has 0 saturated carbocycles. The summed E-state index contributed by atoms with van der Waals surface area (Å²) in [6.45, 7) is 4.07. The molecular weight excluding hydrogens is 488 g/mol. The number of rotatable bonds is 6. The number of sulfone groups is 1. The van der Waals surface area contributed by atoms with Crippen LogP contribution in [0.15, 0.2) is 47.6 Å². The predicted octanol–water partition coefficient (Wildman–Crippen LogP) is 2.39. The van der Waals surface area contributed by atoms with Crippen LogP contribution in [0.4, 0.5) is 11.8 Å². The predicted molar refractivity (Wildman–Crippen MR) is 135 cm³/mol. The zero-order chi connectivity index (χ0) is 24.6. The van der Waals surface area contributed by atoms with E-state index in [2.05, 4.69) is 14.9 Å². The van der Waals surface area contributed by atoms with Gasteiger partial charge >= 0.3 is 0 Å². The molecule has 35 heavy (non-hydrogen) atoms. The molecule has 4 heterocycles. The summed E-state index contributed by atoms with van der Waals surface area (Å²) in [6, 6.07) is 8.70. The molecule has 0 amide bonds. The Kier molecular flexibility index (Phi) is 6.36. The number of fused-ring (bicyclic) bond motifs is 1. The molecule has 12 heteroatoms. The molecule has 1 saturated heterocycles. The molecule has 0 bridgehead atoms. The molecule has 182 valence electrons. The van der Waals surface area contributed by atoms with Gasteiger partial charge in [-0.05, 0) is 30.7 Å². The first-order chi connectivity index (χ1) is 16.8. The van der Waals surface area contributed by atoms with Gasteiger partial charge in [-0.2, -0.15) is 0 Å². The minimum atomic E-state index is -3.61. The van der Waals surface area contributed by atoms with Gasteiger partial charge < -0.3 is 20.5 Å². The maximum atomic E-state index is 12.7. The summed E-state index contributed by atoms with van der Waals surface area (Å²) < 4.78 is 31.8. The summed E-state index contributed by atoms with van der Waals surface area (Å²) in [7, 11) is -3.61. The second kappa shape index (κ2) is 9.46. The second-order valence-corrected chi connectivity index (χ2v) is 11.4. The van der Waals surface area contributed by atoms with Gasteiger partial charge in [0.15, 0.2) is 21.5 Å². The highest BCUT2D eigenvalue weighted by molar-refractivity contribution is 7.91. The number of thiophene rings is 1. The van der Waals surface area contributed by atoms with Gasteiger partial charge in [0, 0.05) is 30.4 Å². The van der Waals surface area contributed by atoms with Gasteiger partial charge in [0.1, 0.15) is 0 Å². The molecule has 1 aromatic carbocycles. The van der Waals surface area contributed by atoms with Crippen molar-refractivity contribution in [3.8, 4) is 21.8 Å². The van der Waals surface area contributed by atoms with E-state index in [0.29, 0.717) is 37.7 Å². The number of aromatic nitrogens is 4. The van der Waals surface area contributed by atoms with Crippen LogP contribution in [-0.2, 0) is 14.6 Å². The van der Waals surface area contributed by atoms with Gasteiger partial charge in [-0.3, -0.25) is 0 Å². The highest BCUT2D eigenvalue weighted by Gasteiger charge is 2.22. The van der Waals surface area contributed by atoms with Crippen molar-refractivity contribution >= 4 is 43.2 Å². The Labute approximate surface area is 206 Å². The molecule has 1 aliphatic rings. The maximum Gasteiger partial charge on any atom is 0.219 e. The third-order valence-electron chi connectivity index (χ3n) is 5.53. The molecular formula is C23H24N6O4S2. The van der Waals surface area contributed by atoms with E-state index in [-0.39, 0.29) is 16.6 Å². The molecule has 10 nitrogen and oxygen atoms in total. The van der Waals surface area contributed by atoms with Crippen molar-refractivity contribution in [2.75, 3.05) is 42.7 Å². The quantitative estimate of drug-likeness (QED) is 0.395. The van der Waals surface area contributed by atoms with Crippen LogP contribution in [0, 0.1) is 0 Å². The largest absolute Gasteiger partial charge is 0.392 e. The van der Waals surface area contributed by atoms with Crippen molar-refractivity contribution in [2.24, 2.45) is 0 Å². The minimum absolute atomic E-state index is 0.173.